The third-order valence-electron chi connectivity index (χ3n) is 2.48. The molecule has 0 fully saturated rings. The Kier molecular flexibility index (Phi) is 4.35. The molecule has 0 spiro atoms. The van der Waals surface area contributed by atoms with E-state index in [1.807, 2.05) is 12.1 Å². The Bertz CT molecular complexity index is 329. The summed E-state index contributed by atoms with van der Waals surface area (Å²) in [5.41, 5.74) is 1.40. The molecule has 0 atom stereocenters. The smallest absolute Gasteiger partial charge is 0.335 e. The van der Waals surface area contributed by atoms with Crippen molar-refractivity contribution in [3.05, 3.63) is 35.4 Å². The fraction of sp³-hybridized carbons (Fsp3) is 0.462. The molecule has 0 saturated heterocycles. The lowest BCUT2D eigenvalue weighted by Gasteiger charge is -2.07. The molecule has 0 unspecified atom stereocenters. The first-order chi connectivity index (χ1) is 7.11. The molecule has 2 heteroatoms. The molecular weight excluding hydrogens is 188 g/mol. The van der Waals surface area contributed by atoms with Crippen LogP contribution in [0.15, 0.2) is 24.3 Å². The van der Waals surface area contributed by atoms with Crippen molar-refractivity contribution in [1.82, 2.24) is 0 Å². The Labute approximate surface area is 90.9 Å². The molecule has 0 aromatic heterocycles. The summed E-state index contributed by atoms with van der Waals surface area (Å²) in [6.45, 7) is 4.37. The number of hydrogen-bond acceptors (Lipinski definition) is 1. The highest BCUT2D eigenvalue weighted by Gasteiger charge is 2.08. The van der Waals surface area contributed by atoms with Gasteiger partial charge in [0.1, 0.15) is 0 Å². The SMILES string of the molecule is CC(C)CCCc1ccccc1C(=O)O. The molecule has 0 radical (unpaired) electrons. The van der Waals surface area contributed by atoms with Gasteiger partial charge in [-0.3, -0.25) is 0 Å². The molecule has 1 N–H and O–H groups in total. The van der Waals surface area contributed by atoms with E-state index in [9.17, 15) is 4.79 Å². The lowest BCUT2D eigenvalue weighted by atomic mass is 9.99. The average Bonchev–Trinajstić information content (AvgIpc) is 2.17. The molecule has 15 heavy (non-hydrogen) atoms. The van der Waals surface area contributed by atoms with Gasteiger partial charge in [-0.05, 0) is 30.4 Å². The summed E-state index contributed by atoms with van der Waals surface area (Å²) in [7, 11) is 0. The van der Waals surface area contributed by atoms with E-state index in [-0.39, 0.29) is 0 Å². The quantitative estimate of drug-likeness (QED) is 0.802. The summed E-state index contributed by atoms with van der Waals surface area (Å²) in [5, 5.41) is 8.97. The monoisotopic (exact) mass is 206 g/mol. The summed E-state index contributed by atoms with van der Waals surface area (Å²) in [6.07, 6.45) is 3.07. The molecule has 0 heterocycles. The molecule has 0 amide bonds. The minimum absolute atomic E-state index is 0.446. The van der Waals surface area contributed by atoms with Gasteiger partial charge in [-0.25, -0.2) is 4.79 Å². The zero-order valence-electron chi connectivity index (χ0n) is 9.36. The number of hydrogen-bond donors (Lipinski definition) is 1. The highest BCUT2D eigenvalue weighted by atomic mass is 16.4. The first-order valence-corrected chi connectivity index (χ1v) is 5.42. The van der Waals surface area contributed by atoms with Crippen LogP contribution in [0.4, 0.5) is 0 Å². The summed E-state index contributed by atoms with van der Waals surface area (Å²) in [4.78, 5) is 10.9. The van der Waals surface area contributed by atoms with E-state index in [2.05, 4.69) is 13.8 Å². The van der Waals surface area contributed by atoms with E-state index in [1.54, 1.807) is 12.1 Å². The maximum atomic E-state index is 10.9. The number of rotatable bonds is 5. The first kappa shape index (κ1) is 11.8. The second-order valence-corrected chi connectivity index (χ2v) is 4.25. The van der Waals surface area contributed by atoms with E-state index in [0.717, 1.165) is 24.8 Å². The fourth-order valence-corrected chi connectivity index (χ4v) is 1.65. The molecule has 1 rings (SSSR count). The molecule has 0 aliphatic heterocycles. The van der Waals surface area contributed by atoms with Gasteiger partial charge in [0.2, 0.25) is 0 Å². The van der Waals surface area contributed by atoms with Gasteiger partial charge in [0.15, 0.2) is 0 Å². The Balaban J connectivity index is 2.63. The number of benzene rings is 1. The summed E-state index contributed by atoms with van der Waals surface area (Å²) < 4.78 is 0. The van der Waals surface area contributed by atoms with Crippen LogP contribution in [0.5, 0.6) is 0 Å². The van der Waals surface area contributed by atoms with Gasteiger partial charge in [-0.15, -0.1) is 0 Å². The lowest BCUT2D eigenvalue weighted by Crippen LogP contribution is -2.02. The largest absolute Gasteiger partial charge is 0.478 e. The molecule has 1 aromatic carbocycles. The number of carbonyl (C=O) groups is 1. The van der Waals surface area contributed by atoms with E-state index >= 15 is 0 Å². The topological polar surface area (TPSA) is 37.3 Å². The maximum absolute atomic E-state index is 10.9. The predicted octanol–water partition coefficient (Wildman–Crippen LogP) is 3.36. The van der Waals surface area contributed by atoms with Crippen molar-refractivity contribution in [3.63, 3.8) is 0 Å². The molecule has 1 aromatic rings. The Hall–Kier alpha value is -1.31. The first-order valence-electron chi connectivity index (χ1n) is 5.42. The third kappa shape index (κ3) is 3.74. The van der Waals surface area contributed by atoms with Crippen molar-refractivity contribution in [1.29, 1.82) is 0 Å². The van der Waals surface area contributed by atoms with Gasteiger partial charge in [0.05, 0.1) is 5.56 Å². The van der Waals surface area contributed by atoms with Gasteiger partial charge < -0.3 is 5.11 Å². The highest BCUT2D eigenvalue weighted by Crippen LogP contribution is 2.14. The summed E-state index contributed by atoms with van der Waals surface area (Å²) in [5.74, 6) is -0.142. The average molecular weight is 206 g/mol. The summed E-state index contributed by atoms with van der Waals surface area (Å²) >= 11 is 0. The van der Waals surface area contributed by atoms with Crippen molar-refractivity contribution in [2.45, 2.75) is 33.1 Å². The Morgan fingerprint density at radius 3 is 2.60 bits per heavy atom. The van der Waals surface area contributed by atoms with Gasteiger partial charge >= 0.3 is 5.97 Å². The van der Waals surface area contributed by atoms with Crippen LogP contribution in [0.2, 0.25) is 0 Å². The molecule has 0 aliphatic carbocycles. The number of aryl methyl sites for hydroxylation is 1. The second-order valence-electron chi connectivity index (χ2n) is 4.25. The van der Waals surface area contributed by atoms with Gasteiger partial charge in [-0.2, -0.15) is 0 Å². The van der Waals surface area contributed by atoms with E-state index in [1.165, 1.54) is 0 Å². The summed E-state index contributed by atoms with van der Waals surface area (Å²) in [6, 6.07) is 7.25. The zero-order valence-corrected chi connectivity index (χ0v) is 9.36. The molecule has 0 saturated carbocycles. The molecule has 0 aliphatic rings. The van der Waals surface area contributed by atoms with Crippen LogP contribution in [0, 0.1) is 5.92 Å². The van der Waals surface area contributed by atoms with Crippen molar-refractivity contribution < 1.29 is 9.90 Å². The Morgan fingerprint density at radius 1 is 1.33 bits per heavy atom. The van der Waals surface area contributed by atoms with E-state index in [0.29, 0.717) is 11.5 Å². The molecular formula is C13H18O2. The number of aromatic carboxylic acids is 1. The van der Waals surface area contributed by atoms with Gasteiger partial charge in [-0.1, -0.05) is 38.5 Å². The normalized spacial score (nSPS) is 10.6. The maximum Gasteiger partial charge on any atom is 0.335 e. The minimum atomic E-state index is -0.824. The van der Waals surface area contributed by atoms with Gasteiger partial charge in [0, 0.05) is 0 Å². The predicted molar refractivity (Wildman–Crippen MR) is 61.2 cm³/mol. The molecule has 2 nitrogen and oxygen atoms in total. The highest BCUT2D eigenvalue weighted by molar-refractivity contribution is 5.89. The number of carboxylic acid groups (broad SMARTS) is 1. The van der Waals surface area contributed by atoms with Crippen molar-refractivity contribution in [2.24, 2.45) is 5.92 Å². The minimum Gasteiger partial charge on any atom is -0.478 e. The van der Waals surface area contributed by atoms with E-state index in [4.69, 9.17) is 5.11 Å². The van der Waals surface area contributed by atoms with Crippen LogP contribution in [0.1, 0.15) is 42.6 Å². The number of carboxylic acids is 1. The molecule has 0 bridgehead atoms. The van der Waals surface area contributed by atoms with Gasteiger partial charge in [0.25, 0.3) is 0 Å². The van der Waals surface area contributed by atoms with Crippen molar-refractivity contribution in [2.75, 3.05) is 0 Å². The Morgan fingerprint density at radius 2 is 2.00 bits per heavy atom. The van der Waals surface area contributed by atoms with Crippen LogP contribution in [0.3, 0.4) is 0 Å². The van der Waals surface area contributed by atoms with Crippen molar-refractivity contribution in [3.8, 4) is 0 Å². The fourth-order valence-electron chi connectivity index (χ4n) is 1.65. The second kappa shape index (κ2) is 5.54. The zero-order chi connectivity index (χ0) is 11.3. The van der Waals surface area contributed by atoms with Crippen LogP contribution >= 0.6 is 0 Å². The standard InChI is InChI=1S/C13H18O2/c1-10(2)6-5-8-11-7-3-4-9-12(11)13(14)15/h3-4,7,9-10H,5-6,8H2,1-2H3,(H,14,15). The lowest BCUT2D eigenvalue weighted by molar-refractivity contribution is 0.0695. The van der Waals surface area contributed by atoms with Crippen LogP contribution in [-0.4, -0.2) is 11.1 Å². The van der Waals surface area contributed by atoms with E-state index < -0.39 is 5.97 Å². The van der Waals surface area contributed by atoms with Crippen molar-refractivity contribution >= 4 is 5.97 Å². The third-order valence-corrected chi connectivity index (χ3v) is 2.48. The van der Waals surface area contributed by atoms with Crippen LogP contribution in [-0.2, 0) is 6.42 Å². The van der Waals surface area contributed by atoms with Crippen LogP contribution in [0.25, 0.3) is 0 Å². The molecule has 82 valence electrons. The van der Waals surface area contributed by atoms with Crippen LogP contribution < -0.4 is 0 Å².